The lowest BCUT2D eigenvalue weighted by atomic mass is 9.96. The first-order chi connectivity index (χ1) is 9.92. The number of ether oxygens (including phenoxy) is 1. The van der Waals surface area contributed by atoms with Crippen LogP contribution in [0.3, 0.4) is 0 Å². The van der Waals surface area contributed by atoms with E-state index in [-0.39, 0.29) is 5.38 Å². The fourth-order valence-corrected chi connectivity index (χ4v) is 3.11. The number of aryl methyl sites for hydroxylation is 4. The third-order valence-corrected chi connectivity index (χ3v) is 4.36. The Morgan fingerprint density at radius 2 is 1.57 bits per heavy atom. The second kappa shape index (κ2) is 6.53. The van der Waals surface area contributed by atoms with Gasteiger partial charge in [-0.15, -0.1) is 11.6 Å². The molecule has 112 valence electrons. The number of hydrogen-bond acceptors (Lipinski definition) is 1. The van der Waals surface area contributed by atoms with Gasteiger partial charge in [0.1, 0.15) is 5.75 Å². The van der Waals surface area contributed by atoms with Gasteiger partial charge in [-0.05, 0) is 61.9 Å². The topological polar surface area (TPSA) is 9.23 Å². The van der Waals surface area contributed by atoms with Crippen molar-refractivity contribution >= 4 is 11.6 Å². The van der Waals surface area contributed by atoms with Crippen molar-refractivity contribution in [2.24, 2.45) is 0 Å². The second-order valence-corrected chi connectivity index (χ2v) is 6.32. The molecule has 2 heteroatoms. The summed E-state index contributed by atoms with van der Waals surface area (Å²) in [5.41, 5.74) is 7.34. The highest BCUT2D eigenvalue weighted by molar-refractivity contribution is 6.21. The quantitative estimate of drug-likeness (QED) is 0.682. The van der Waals surface area contributed by atoms with E-state index in [2.05, 4.69) is 58.0 Å². The molecule has 1 unspecified atom stereocenters. The maximum atomic E-state index is 6.66. The van der Waals surface area contributed by atoms with E-state index >= 15 is 0 Å². The molecule has 0 saturated heterocycles. The minimum absolute atomic E-state index is 0.0196. The lowest BCUT2D eigenvalue weighted by Crippen LogP contribution is -2.01. The predicted molar refractivity (Wildman–Crippen MR) is 90.7 cm³/mol. The molecule has 0 saturated carbocycles. The van der Waals surface area contributed by atoms with Crippen molar-refractivity contribution in [2.75, 3.05) is 7.11 Å². The van der Waals surface area contributed by atoms with Gasteiger partial charge in [0, 0.05) is 0 Å². The number of methoxy groups -OCH3 is 1. The zero-order valence-corrected chi connectivity index (χ0v) is 14.2. The SMILES string of the molecule is COc1c(C)cc(C(Cl)Cc2cc(C)ccc2C)cc1C. The summed E-state index contributed by atoms with van der Waals surface area (Å²) >= 11 is 6.66. The van der Waals surface area contributed by atoms with Crippen LogP contribution in [0.5, 0.6) is 5.75 Å². The number of hydrogen-bond donors (Lipinski definition) is 0. The van der Waals surface area contributed by atoms with E-state index < -0.39 is 0 Å². The van der Waals surface area contributed by atoms with Gasteiger partial charge in [-0.3, -0.25) is 0 Å². The van der Waals surface area contributed by atoms with Crippen LogP contribution < -0.4 is 4.74 Å². The minimum atomic E-state index is -0.0196. The van der Waals surface area contributed by atoms with Crippen LogP contribution >= 0.6 is 11.6 Å². The zero-order valence-electron chi connectivity index (χ0n) is 13.5. The van der Waals surface area contributed by atoms with E-state index in [9.17, 15) is 0 Å². The molecule has 2 aromatic rings. The van der Waals surface area contributed by atoms with Crippen molar-refractivity contribution in [1.29, 1.82) is 0 Å². The Balaban J connectivity index is 2.28. The summed E-state index contributed by atoms with van der Waals surface area (Å²) in [6.45, 7) is 8.39. The van der Waals surface area contributed by atoms with Crippen molar-refractivity contribution in [1.82, 2.24) is 0 Å². The van der Waals surface area contributed by atoms with Gasteiger partial charge < -0.3 is 4.74 Å². The Morgan fingerprint density at radius 3 is 2.14 bits per heavy atom. The highest BCUT2D eigenvalue weighted by Crippen LogP contribution is 2.32. The van der Waals surface area contributed by atoms with Gasteiger partial charge in [0.05, 0.1) is 12.5 Å². The molecule has 1 atom stereocenters. The number of halogens is 1. The molecule has 0 aliphatic rings. The Kier molecular flexibility index (Phi) is 4.95. The summed E-state index contributed by atoms with van der Waals surface area (Å²) in [7, 11) is 1.71. The Bertz CT molecular complexity index is 623. The van der Waals surface area contributed by atoms with Crippen LogP contribution in [0.4, 0.5) is 0 Å². The molecule has 1 nitrogen and oxygen atoms in total. The Morgan fingerprint density at radius 1 is 0.952 bits per heavy atom. The van der Waals surface area contributed by atoms with Crippen molar-refractivity contribution in [3.05, 3.63) is 63.7 Å². The first-order valence-corrected chi connectivity index (χ1v) is 7.71. The van der Waals surface area contributed by atoms with Crippen LogP contribution in [0.25, 0.3) is 0 Å². The van der Waals surface area contributed by atoms with Gasteiger partial charge >= 0.3 is 0 Å². The highest BCUT2D eigenvalue weighted by atomic mass is 35.5. The average Bonchev–Trinajstić information content (AvgIpc) is 2.42. The van der Waals surface area contributed by atoms with Gasteiger partial charge in [-0.2, -0.15) is 0 Å². The maximum absolute atomic E-state index is 6.66. The number of alkyl halides is 1. The minimum Gasteiger partial charge on any atom is -0.496 e. The Labute approximate surface area is 132 Å². The molecule has 0 radical (unpaired) electrons. The molecule has 0 N–H and O–H groups in total. The second-order valence-electron chi connectivity index (χ2n) is 5.79. The normalized spacial score (nSPS) is 12.3. The first kappa shape index (κ1) is 15.9. The number of benzene rings is 2. The highest BCUT2D eigenvalue weighted by Gasteiger charge is 2.14. The van der Waals surface area contributed by atoms with E-state index in [1.54, 1.807) is 7.11 Å². The van der Waals surface area contributed by atoms with Crippen molar-refractivity contribution in [3.8, 4) is 5.75 Å². The summed E-state index contributed by atoms with van der Waals surface area (Å²) in [4.78, 5) is 0. The molecule has 0 bridgehead atoms. The van der Waals surface area contributed by atoms with Gasteiger partial charge in [0.25, 0.3) is 0 Å². The molecule has 2 rings (SSSR count). The molecule has 0 amide bonds. The van der Waals surface area contributed by atoms with Crippen LogP contribution in [0.15, 0.2) is 30.3 Å². The summed E-state index contributed by atoms with van der Waals surface area (Å²) < 4.78 is 5.42. The lowest BCUT2D eigenvalue weighted by molar-refractivity contribution is 0.408. The van der Waals surface area contributed by atoms with E-state index in [1.165, 1.54) is 16.7 Å². The summed E-state index contributed by atoms with van der Waals surface area (Å²) in [5.74, 6) is 0.953. The van der Waals surface area contributed by atoms with Crippen molar-refractivity contribution in [2.45, 2.75) is 39.5 Å². The molecule has 0 spiro atoms. The van der Waals surface area contributed by atoms with Crippen LogP contribution in [-0.4, -0.2) is 7.11 Å². The molecule has 0 aromatic heterocycles. The predicted octanol–water partition coefficient (Wildman–Crippen LogP) is 5.45. The van der Waals surface area contributed by atoms with E-state index in [0.29, 0.717) is 0 Å². The molecular weight excluding hydrogens is 280 g/mol. The smallest absolute Gasteiger partial charge is 0.124 e. The number of rotatable bonds is 4. The largest absolute Gasteiger partial charge is 0.496 e. The van der Waals surface area contributed by atoms with Crippen LogP contribution in [0, 0.1) is 27.7 Å². The van der Waals surface area contributed by atoms with Gasteiger partial charge in [0.15, 0.2) is 0 Å². The van der Waals surface area contributed by atoms with E-state index in [4.69, 9.17) is 16.3 Å². The molecule has 2 aromatic carbocycles. The third-order valence-electron chi connectivity index (χ3n) is 3.95. The molecule has 21 heavy (non-hydrogen) atoms. The van der Waals surface area contributed by atoms with Crippen molar-refractivity contribution in [3.63, 3.8) is 0 Å². The van der Waals surface area contributed by atoms with Gasteiger partial charge in [-0.1, -0.05) is 35.9 Å². The van der Waals surface area contributed by atoms with E-state index in [1.807, 2.05) is 0 Å². The molecule has 0 aliphatic heterocycles. The van der Waals surface area contributed by atoms with Crippen LogP contribution in [0.1, 0.15) is 38.8 Å². The van der Waals surface area contributed by atoms with E-state index in [0.717, 1.165) is 28.9 Å². The monoisotopic (exact) mass is 302 g/mol. The fraction of sp³-hybridized carbons (Fsp3) is 0.368. The lowest BCUT2D eigenvalue weighted by Gasteiger charge is -2.16. The Hall–Kier alpha value is -1.47. The molecule has 0 aliphatic carbocycles. The summed E-state index contributed by atoms with van der Waals surface area (Å²) in [5, 5.41) is -0.0196. The third kappa shape index (κ3) is 3.59. The molecular formula is C19H23ClO. The maximum Gasteiger partial charge on any atom is 0.124 e. The molecule has 0 heterocycles. The first-order valence-electron chi connectivity index (χ1n) is 7.27. The van der Waals surface area contributed by atoms with Gasteiger partial charge in [-0.25, -0.2) is 0 Å². The summed E-state index contributed by atoms with van der Waals surface area (Å²) in [6, 6.07) is 10.8. The van der Waals surface area contributed by atoms with Crippen molar-refractivity contribution < 1.29 is 4.74 Å². The van der Waals surface area contributed by atoms with Crippen LogP contribution in [-0.2, 0) is 6.42 Å². The fourth-order valence-electron chi connectivity index (χ4n) is 2.82. The summed E-state index contributed by atoms with van der Waals surface area (Å²) in [6.07, 6.45) is 0.847. The molecule has 0 fully saturated rings. The average molecular weight is 303 g/mol. The zero-order chi connectivity index (χ0) is 15.6. The van der Waals surface area contributed by atoms with Crippen LogP contribution in [0.2, 0.25) is 0 Å². The van der Waals surface area contributed by atoms with Gasteiger partial charge in [0.2, 0.25) is 0 Å². The standard InChI is InChI=1S/C19H23ClO/c1-12-6-7-13(2)16(8-12)11-18(20)17-9-14(3)19(21-5)15(4)10-17/h6-10,18H,11H2,1-5H3.